The normalized spacial score (nSPS) is 22.9. The van der Waals surface area contributed by atoms with E-state index in [9.17, 15) is 23.2 Å². The molecule has 6 atom stereocenters. The zero-order chi connectivity index (χ0) is 26.0. The molecule has 2 rings (SSSR count). The van der Waals surface area contributed by atoms with Gasteiger partial charge < -0.3 is 14.8 Å². The first-order chi connectivity index (χ1) is 16.7. The van der Waals surface area contributed by atoms with Crippen LogP contribution < -0.4 is 5.32 Å². The van der Waals surface area contributed by atoms with Gasteiger partial charge in [-0.1, -0.05) is 27.2 Å². The smallest absolute Gasteiger partial charge is 0.326 e. The number of likely N-dealkylation sites (tertiary alicyclic amines) is 1. The quantitative estimate of drug-likeness (QED) is 0.371. The van der Waals surface area contributed by atoms with Crippen molar-refractivity contribution in [2.24, 2.45) is 5.92 Å². The van der Waals surface area contributed by atoms with Crippen molar-refractivity contribution in [3.05, 3.63) is 16.6 Å². The molecule has 1 N–H and O–H groups in total. The fourth-order valence-corrected chi connectivity index (χ4v) is 4.90. The lowest BCUT2D eigenvalue weighted by Gasteiger charge is -2.32. The van der Waals surface area contributed by atoms with Gasteiger partial charge in [0.05, 0.1) is 11.2 Å². The van der Waals surface area contributed by atoms with Gasteiger partial charge in [0.2, 0.25) is 18.6 Å². The van der Waals surface area contributed by atoms with Gasteiger partial charge in [-0.15, -0.1) is 11.3 Å². The summed E-state index contributed by atoms with van der Waals surface area (Å²) in [7, 11) is 0. The van der Waals surface area contributed by atoms with Crippen molar-refractivity contribution in [2.75, 3.05) is 13.1 Å². The van der Waals surface area contributed by atoms with Crippen molar-refractivity contribution in [3.8, 4) is 0 Å². The summed E-state index contributed by atoms with van der Waals surface area (Å²) in [6, 6.07) is -1.94. The SMILES string of the molecule is CCCC(F)OC(=O)[C@H]1C[C@@H](c2cscn2)[C@H](C(=O)OC(F)CCC)N1CC(CC)CNC(C)=O. The van der Waals surface area contributed by atoms with Crippen LogP contribution in [0, 0.1) is 5.92 Å². The van der Waals surface area contributed by atoms with E-state index in [1.165, 1.54) is 18.3 Å². The van der Waals surface area contributed by atoms with E-state index in [4.69, 9.17) is 9.47 Å². The highest BCUT2D eigenvalue weighted by Gasteiger charge is 2.51. The molecule has 0 radical (unpaired) electrons. The molecule has 1 aromatic heterocycles. The number of aromatic nitrogens is 1. The van der Waals surface area contributed by atoms with Crippen LogP contribution in [0.4, 0.5) is 8.78 Å². The van der Waals surface area contributed by atoms with Gasteiger partial charge in [0.15, 0.2) is 0 Å². The number of hydrogen-bond acceptors (Lipinski definition) is 8. The van der Waals surface area contributed by atoms with Gasteiger partial charge in [0.1, 0.15) is 12.1 Å². The first kappa shape index (κ1) is 29.1. The highest BCUT2D eigenvalue weighted by Crippen LogP contribution is 2.40. The molecule has 1 saturated heterocycles. The molecule has 1 fully saturated rings. The molecule has 1 amide bonds. The van der Waals surface area contributed by atoms with Crippen LogP contribution in [0.25, 0.3) is 0 Å². The number of carbonyl (C=O) groups excluding carboxylic acids is 3. The summed E-state index contributed by atoms with van der Waals surface area (Å²) in [4.78, 5) is 43.7. The molecule has 1 aromatic rings. The molecule has 0 spiro atoms. The zero-order valence-electron chi connectivity index (χ0n) is 20.9. The fourth-order valence-electron chi connectivity index (χ4n) is 4.29. The van der Waals surface area contributed by atoms with Gasteiger partial charge >= 0.3 is 11.9 Å². The Morgan fingerprint density at radius 3 is 2.29 bits per heavy atom. The Hall–Kier alpha value is -2.14. The first-order valence-corrected chi connectivity index (χ1v) is 13.2. The Balaban J connectivity index is 2.39. The Bertz CT molecular complexity index is 813. The summed E-state index contributed by atoms with van der Waals surface area (Å²) < 4.78 is 38.7. The van der Waals surface area contributed by atoms with E-state index < -0.39 is 42.7 Å². The third kappa shape index (κ3) is 8.49. The highest BCUT2D eigenvalue weighted by molar-refractivity contribution is 7.07. The van der Waals surface area contributed by atoms with Gasteiger partial charge in [-0.05, 0) is 25.2 Å². The average molecular weight is 518 g/mol. The third-order valence-corrected chi connectivity index (χ3v) is 6.77. The van der Waals surface area contributed by atoms with E-state index >= 15 is 0 Å². The fraction of sp³-hybridized carbons (Fsp3) is 0.750. The van der Waals surface area contributed by atoms with E-state index in [2.05, 4.69) is 10.3 Å². The van der Waals surface area contributed by atoms with Crippen molar-refractivity contribution in [1.29, 1.82) is 0 Å². The monoisotopic (exact) mass is 517 g/mol. The summed E-state index contributed by atoms with van der Waals surface area (Å²) in [5.74, 6) is -2.44. The number of esters is 2. The summed E-state index contributed by atoms with van der Waals surface area (Å²) in [5.41, 5.74) is 2.20. The average Bonchev–Trinajstić information content (AvgIpc) is 3.44. The molecule has 0 bridgehead atoms. The lowest BCUT2D eigenvalue weighted by Crippen LogP contribution is -2.50. The minimum absolute atomic E-state index is 0.0615. The van der Waals surface area contributed by atoms with Crippen LogP contribution in [-0.4, -0.2) is 65.6 Å². The highest BCUT2D eigenvalue weighted by atomic mass is 32.1. The van der Waals surface area contributed by atoms with Crippen molar-refractivity contribution < 1.29 is 32.6 Å². The topological polar surface area (TPSA) is 97.8 Å². The molecule has 1 aliphatic heterocycles. The van der Waals surface area contributed by atoms with E-state index in [-0.39, 0.29) is 37.6 Å². The van der Waals surface area contributed by atoms with E-state index in [0.29, 0.717) is 31.5 Å². The van der Waals surface area contributed by atoms with Crippen LogP contribution in [0.3, 0.4) is 0 Å². The number of amides is 1. The minimum atomic E-state index is -1.77. The lowest BCUT2D eigenvalue weighted by atomic mass is 9.95. The number of halogens is 2. The molecular formula is C24H37F2N3O5S. The second-order valence-electron chi connectivity index (χ2n) is 8.90. The summed E-state index contributed by atoms with van der Waals surface area (Å²) in [6.45, 7) is 7.46. The standard InChI is InChI=1S/C24H37F2N3O5S/c1-5-8-20(25)33-23(31)19-10-17(18-13-35-14-28-18)22(24(32)34-21(26)9-6-2)29(19)12-16(7-3)11-27-15(4)30/h13-14,16-17,19-22H,5-12H2,1-4H3,(H,27,30)/t16?,17-,19+,20?,21?,22+/m0/s1. The molecular weight excluding hydrogens is 480 g/mol. The number of alkyl halides is 2. The number of nitrogens with one attached hydrogen (secondary N) is 1. The first-order valence-electron chi connectivity index (χ1n) is 12.3. The van der Waals surface area contributed by atoms with Crippen LogP contribution in [0.2, 0.25) is 0 Å². The predicted octanol–water partition coefficient (Wildman–Crippen LogP) is 4.11. The van der Waals surface area contributed by atoms with E-state index in [0.717, 1.165) is 0 Å². The Kier molecular flexibility index (Phi) is 12.0. The number of nitrogens with zero attached hydrogens (tertiary/aromatic N) is 2. The van der Waals surface area contributed by atoms with Crippen LogP contribution in [-0.2, 0) is 23.9 Å². The lowest BCUT2D eigenvalue weighted by molar-refractivity contribution is -0.169. The number of thiazole rings is 1. The zero-order valence-corrected chi connectivity index (χ0v) is 21.7. The van der Waals surface area contributed by atoms with Crippen molar-refractivity contribution in [2.45, 2.75) is 96.9 Å². The van der Waals surface area contributed by atoms with Gasteiger partial charge in [-0.2, -0.15) is 0 Å². The number of carbonyl (C=O) groups is 3. The van der Waals surface area contributed by atoms with E-state index in [1.54, 1.807) is 29.6 Å². The summed E-state index contributed by atoms with van der Waals surface area (Å²) >= 11 is 1.34. The Morgan fingerprint density at radius 1 is 1.14 bits per heavy atom. The number of hydrogen-bond donors (Lipinski definition) is 1. The maximum Gasteiger partial charge on any atom is 0.326 e. The molecule has 0 saturated carbocycles. The van der Waals surface area contributed by atoms with Crippen LogP contribution >= 0.6 is 11.3 Å². The largest absolute Gasteiger partial charge is 0.430 e. The maximum atomic E-state index is 14.3. The van der Waals surface area contributed by atoms with Crippen molar-refractivity contribution in [3.63, 3.8) is 0 Å². The van der Waals surface area contributed by atoms with Crippen LogP contribution in [0.5, 0.6) is 0 Å². The number of ether oxygens (including phenoxy) is 2. The third-order valence-electron chi connectivity index (χ3n) is 6.17. The second-order valence-corrected chi connectivity index (χ2v) is 9.61. The van der Waals surface area contributed by atoms with Gasteiger partial charge in [0.25, 0.3) is 0 Å². The van der Waals surface area contributed by atoms with Crippen molar-refractivity contribution in [1.82, 2.24) is 15.2 Å². The van der Waals surface area contributed by atoms with Gasteiger partial charge in [0, 0.05) is 44.2 Å². The Labute approximate surface area is 209 Å². The molecule has 35 heavy (non-hydrogen) atoms. The predicted molar refractivity (Wildman–Crippen MR) is 128 cm³/mol. The molecule has 198 valence electrons. The summed E-state index contributed by atoms with van der Waals surface area (Å²) in [6.07, 6.45) is -1.59. The number of rotatable bonds is 14. The van der Waals surface area contributed by atoms with Crippen LogP contribution in [0.15, 0.2) is 10.9 Å². The minimum Gasteiger partial charge on any atom is -0.430 e. The molecule has 8 nitrogen and oxygen atoms in total. The maximum absolute atomic E-state index is 14.3. The molecule has 2 heterocycles. The molecule has 0 aromatic carbocycles. The molecule has 1 aliphatic rings. The molecule has 0 aliphatic carbocycles. The molecule has 3 unspecified atom stereocenters. The van der Waals surface area contributed by atoms with Gasteiger partial charge in [-0.25, -0.2) is 13.8 Å². The van der Waals surface area contributed by atoms with E-state index in [1.807, 2.05) is 6.92 Å². The summed E-state index contributed by atoms with van der Waals surface area (Å²) in [5, 5.41) is 4.54. The van der Waals surface area contributed by atoms with Crippen LogP contribution in [0.1, 0.15) is 77.8 Å². The molecule has 11 heteroatoms. The van der Waals surface area contributed by atoms with Gasteiger partial charge in [-0.3, -0.25) is 19.3 Å². The second kappa shape index (κ2) is 14.4. The Morgan fingerprint density at radius 2 is 1.77 bits per heavy atom. The van der Waals surface area contributed by atoms with Crippen molar-refractivity contribution >= 4 is 29.2 Å².